The van der Waals surface area contributed by atoms with Crippen LogP contribution in [0.25, 0.3) is 0 Å². The number of nitrogens with one attached hydrogen (secondary N) is 16. The maximum Gasteiger partial charge on any atom is 0.319 e. The van der Waals surface area contributed by atoms with Crippen LogP contribution in [-0.2, 0) is 33.9 Å². The van der Waals surface area contributed by atoms with E-state index in [0.717, 1.165) is 24.0 Å². The molecule has 0 aliphatic carbocycles. The predicted octanol–water partition coefficient (Wildman–Crippen LogP) is -0.101. The molecule has 79 heavy (non-hydrogen) atoms. The molecule has 30 heteroatoms. The van der Waals surface area contributed by atoms with E-state index in [4.69, 9.17) is 4.74 Å². The number of benzene rings is 2. The van der Waals surface area contributed by atoms with Gasteiger partial charge in [-0.3, -0.25) is 14.2 Å². The molecule has 418 valence electrons. The third-order valence-corrected chi connectivity index (χ3v) is 15.0. The van der Waals surface area contributed by atoms with Crippen molar-refractivity contribution in [1.29, 1.82) is 0 Å². The summed E-state index contributed by atoms with van der Waals surface area (Å²) in [6.45, 7) is 8.65. The van der Waals surface area contributed by atoms with Crippen molar-refractivity contribution in [3.63, 3.8) is 0 Å². The molecule has 0 spiro atoms. The van der Waals surface area contributed by atoms with Gasteiger partial charge in [-0.25, -0.2) is 38.4 Å². The highest BCUT2D eigenvalue weighted by molar-refractivity contribution is 5.90. The first-order chi connectivity index (χ1) is 37.7. The summed E-state index contributed by atoms with van der Waals surface area (Å²) in [7, 11) is 0. The predicted molar refractivity (Wildman–Crippen MR) is 274 cm³/mol. The van der Waals surface area contributed by atoms with Crippen LogP contribution < -0.4 is 85.1 Å². The van der Waals surface area contributed by atoms with Crippen LogP contribution in [-0.4, -0.2) is 115 Å². The summed E-state index contributed by atoms with van der Waals surface area (Å²) in [4.78, 5) is 106. The first kappa shape index (κ1) is 52.9. The first-order valence-electron chi connectivity index (χ1n) is 25.8. The molecule has 2 aromatic carbocycles. The lowest BCUT2D eigenvalue weighted by atomic mass is 9.84. The molecule has 2 aromatic heterocycles. The van der Waals surface area contributed by atoms with E-state index in [0.29, 0.717) is 30.6 Å². The Morgan fingerprint density at radius 3 is 1.37 bits per heavy atom. The summed E-state index contributed by atoms with van der Waals surface area (Å²) < 4.78 is 8.56. The van der Waals surface area contributed by atoms with E-state index in [1.807, 2.05) is 86.9 Å². The summed E-state index contributed by atoms with van der Waals surface area (Å²) in [6.07, 6.45) is 7.69. The van der Waals surface area contributed by atoms with Crippen molar-refractivity contribution in [3.8, 4) is 0 Å². The Morgan fingerprint density at radius 1 is 0.519 bits per heavy atom. The van der Waals surface area contributed by atoms with Crippen LogP contribution in [0.2, 0.25) is 0 Å². The molecule has 16 N–H and O–H groups in total. The topological polar surface area (TPSA) is 391 Å². The van der Waals surface area contributed by atoms with Gasteiger partial charge in [0.15, 0.2) is 28.3 Å². The molecular formula is C49H62N20O10. The number of fused-ring (bicyclic) bond motifs is 4. The fourth-order valence-electron chi connectivity index (χ4n) is 11.3. The number of aromatic nitrogens is 4. The Labute approximate surface area is 450 Å². The minimum absolute atomic E-state index is 0.0382. The van der Waals surface area contributed by atoms with Gasteiger partial charge in [-0.15, -0.1) is 0 Å². The SMILES string of the molecule is CC(C)OC(=O)CCC12NC(=O)NC1NC(=O)N2.CC(CCC(C)C12NC(=O)NC1NC(=O)N2)CC12NC(=O)NC1NC(=O)N2.O=C1NC2(c3cnn(Cc4ccccc4)c3)NC(=O)NC2(c2cnn(Cc3ccccc3)c2)N1. The highest BCUT2D eigenvalue weighted by Crippen LogP contribution is 2.43. The Bertz CT molecular complexity index is 2880. The molecule has 12 rings (SSSR count). The number of nitrogens with zero attached hydrogens (tertiary/aromatic N) is 4. The van der Waals surface area contributed by atoms with Crippen LogP contribution >= 0.6 is 0 Å². The van der Waals surface area contributed by atoms with Gasteiger partial charge in [0.05, 0.1) is 31.6 Å². The summed E-state index contributed by atoms with van der Waals surface area (Å²) in [5.41, 5.74) is -1.77. The maximum atomic E-state index is 12.6. The normalized spacial score (nSPS) is 29.6. The zero-order chi connectivity index (χ0) is 55.9. The van der Waals surface area contributed by atoms with E-state index in [1.54, 1.807) is 35.6 Å². The van der Waals surface area contributed by atoms with E-state index >= 15 is 0 Å². The second-order valence-corrected chi connectivity index (χ2v) is 21.0. The Balaban J connectivity index is 0.000000140. The second-order valence-electron chi connectivity index (χ2n) is 21.0. The van der Waals surface area contributed by atoms with Gasteiger partial charge in [0.2, 0.25) is 0 Å². The molecule has 0 bridgehead atoms. The van der Waals surface area contributed by atoms with Gasteiger partial charge in [-0.1, -0.05) is 80.9 Å². The van der Waals surface area contributed by atoms with Gasteiger partial charge >= 0.3 is 54.2 Å². The first-order valence-corrected chi connectivity index (χ1v) is 25.8. The van der Waals surface area contributed by atoms with Crippen molar-refractivity contribution in [2.24, 2.45) is 11.8 Å². The summed E-state index contributed by atoms with van der Waals surface area (Å²) in [5.74, 6) is -0.232. The van der Waals surface area contributed by atoms with Crippen molar-refractivity contribution in [1.82, 2.24) is 105 Å². The second kappa shape index (κ2) is 20.5. The lowest BCUT2D eigenvalue weighted by Crippen LogP contribution is -2.61. The number of amides is 16. The molecule has 8 aliphatic rings. The number of carbonyl (C=O) groups is 9. The standard InChI is InChI=1S/C24H22N8O2.C15H24N8O4.C10H16N4O4/c33-21-27-23(19-11-25-31(15-19)13-17-7-3-1-4-8-17)24(29-21,30-22(34)28-23)20-12-26-32(16-20)14-18-9-5-2-6-10-18;1-6(5-14-8(16-10(24)20-14)17-11(25)21-14)3-4-7(2)15-9(18-12(26)22-15)19-13(27)23-15;1-5(2)18-6(15)3-4-10-7(11-8(16)13-10)12-9(17)14-10/h1-12,15-16H,13-14H2,(H2,27,29,33)(H2,28,30,34);6-9H,3-5H2,1-2H3,(H2,16,20,24)(H2,17,21,25)(H2,18,22,26)(H2,19,23,27);5,7H,3-4H2,1-2H3,(H2,11,13,16)(H2,12,14,17). The van der Waals surface area contributed by atoms with Gasteiger partial charge < -0.3 is 89.8 Å². The zero-order valence-electron chi connectivity index (χ0n) is 43.4. The number of esters is 1. The van der Waals surface area contributed by atoms with E-state index in [2.05, 4.69) is 95.3 Å². The molecule has 0 radical (unpaired) electrons. The van der Waals surface area contributed by atoms with Crippen molar-refractivity contribution in [2.45, 2.75) is 126 Å². The number of hydrogen-bond acceptors (Lipinski definition) is 12. The molecule has 16 amide bonds. The van der Waals surface area contributed by atoms with Gasteiger partial charge in [0.25, 0.3) is 0 Å². The van der Waals surface area contributed by atoms with Crippen molar-refractivity contribution >= 4 is 54.2 Å². The molecule has 8 fully saturated rings. The summed E-state index contributed by atoms with van der Waals surface area (Å²) in [6, 6.07) is 17.0. The number of hydrogen-bond donors (Lipinski definition) is 16. The Morgan fingerprint density at radius 2 is 0.924 bits per heavy atom. The third kappa shape index (κ3) is 10.3. The highest BCUT2D eigenvalue weighted by Gasteiger charge is 2.68. The van der Waals surface area contributed by atoms with Crippen LogP contribution in [0, 0.1) is 11.8 Å². The highest BCUT2D eigenvalue weighted by atomic mass is 16.5. The smallest absolute Gasteiger partial charge is 0.319 e. The minimum atomic E-state index is -1.28. The van der Waals surface area contributed by atoms with Crippen LogP contribution in [0.4, 0.5) is 38.4 Å². The monoisotopic (exact) mass is 1090 g/mol. The number of rotatable bonds is 16. The Kier molecular flexibility index (Phi) is 13.7. The van der Waals surface area contributed by atoms with Crippen molar-refractivity contribution in [2.75, 3.05) is 0 Å². The molecule has 0 saturated carbocycles. The third-order valence-electron chi connectivity index (χ3n) is 15.0. The van der Waals surface area contributed by atoms with Crippen molar-refractivity contribution < 1.29 is 47.9 Å². The molecule has 10 heterocycles. The molecule has 30 nitrogen and oxygen atoms in total. The van der Waals surface area contributed by atoms with Crippen molar-refractivity contribution in [3.05, 3.63) is 108 Å². The molecule has 2 atom stereocenters. The van der Waals surface area contributed by atoms with Gasteiger partial charge in [0, 0.05) is 42.3 Å². The number of urea groups is 8. The van der Waals surface area contributed by atoms with Gasteiger partial charge in [-0.2, -0.15) is 10.2 Å². The quantitative estimate of drug-likeness (QED) is 0.0655. The van der Waals surface area contributed by atoms with Gasteiger partial charge in [0.1, 0.15) is 18.5 Å². The fourth-order valence-corrected chi connectivity index (χ4v) is 11.3. The number of ether oxygens (including phenoxy) is 1. The number of carbonyl (C=O) groups excluding carboxylic acids is 9. The van der Waals surface area contributed by atoms with Crippen LogP contribution in [0.5, 0.6) is 0 Å². The average Bonchev–Trinajstić information content (AvgIpc) is 4.47. The lowest BCUT2D eigenvalue weighted by molar-refractivity contribution is -0.147. The Hall–Kier alpha value is -9.51. The minimum Gasteiger partial charge on any atom is -0.463 e. The summed E-state index contributed by atoms with van der Waals surface area (Å²) in [5, 5.41) is 53.0. The molecule has 2 unspecified atom stereocenters. The zero-order valence-corrected chi connectivity index (χ0v) is 43.4. The lowest BCUT2D eigenvalue weighted by Gasteiger charge is -2.35. The molecule has 8 saturated heterocycles. The largest absolute Gasteiger partial charge is 0.463 e. The fraction of sp³-hybridized carbons (Fsp3) is 0.449. The van der Waals surface area contributed by atoms with E-state index < -0.39 is 58.9 Å². The van der Waals surface area contributed by atoms with Gasteiger partial charge in [-0.05, 0) is 43.7 Å². The van der Waals surface area contributed by atoms with Crippen LogP contribution in [0.1, 0.15) is 82.1 Å². The molecule has 4 aromatic rings. The average molecular weight is 1090 g/mol. The van der Waals surface area contributed by atoms with Crippen LogP contribution in [0.3, 0.4) is 0 Å². The maximum absolute atomic E-state index is 12.6. The van der Waals surface area contributed by atoms with E-state index in [9.17, 15) is 43.2 Å². The molecule has 8 aliphatic heterocycles. The van der Waals surface area contributed by atoms with E-state index in [-0.39, 0.29) is 72.9 Å². The van der Waals surface area contributed by atoms with E-state index in [1.165, 1.54) is 0 Å². The van der Waals surface area contributed by atoms with Crippen LogP contribution in [0.15, 0.2) is 85.5 Å². The molecular weight excluding hydrogens is 1030 g/mol. The summed E-state index contributed by atoms with van der Waals surface area (Å²) >= 11 is 0.